The number of alkyl halides is 3. The minimum Gasteiger partial charge on any atom is -0.481 e. The van der Waals surface area contributed by atoms with E-state index in [-0.39, 0.29) is 16.5 Å². The number of carboxylic acids is 1. The molecule has 0 atom stereocenters. The minimum absolute atomic E-state index is 0.0616. The summed E-state index contributed by atoms with van der Waals surface area (Å²) < 4.78 is 25.1. The lowest BCUT2D eigenvalue weighted by Gasteiger charge is -2.10. The van der Waals surface area contributed by atoms with Gasteiger partial charge in [-0.15, -0.1) is 0 Å². The first kappa shape index (κ1) is 12.8. The SMILES string of the molecule is O=C(O)Cc1cc(=O)[nH]c(C(F)F)c1CBr. The normalized spacial score (nSPS) is 10.8. The van der Waals surface area contributed by atoms with Gasteiger partial charge in [0.2, 0.25) is 5.56 Å². The fraction of sp³-hybridized carbons (Fsp3) is 0.333. The van der Waals surface area contributed by atoms with Gasteiger partial charge in [-0.1, -0.05) is 15.9 Å². The molecule has 1 aromatic heterocycles. The lowest BCUT2D eigenvalue weighted by molar-refractivity contribution is -0.136. The second-order valence-corrected chi connectivity index (χ2v) is 3.62. The summed E-state index contributed by atoms with van der Waals surface area (Å²) in [5.74, 6) is -1.17. The monoisotopic (exact) mass is 295 g/mol. The van der Waals surface area contributed by atoms with Crippen LogP contribution in [0.4, 0.5) is 8.78 Å². The number of pyridine rings is 1. The molecule has 7 heteroatoms. The van der Waals surface area contributed by atoms with E-state index in [1.54, 1.807) is 0 Å². The number of halogens is 3. The van der Waals surface area contributed by atoms with E-state index < -0.39 is 30.1 Å². The lowest BCUT2D eigenvalue weighted by atomic mass is 10.1. The van der Waals surface area contributed by atoms with E-state index in [4.69, 9.17) is 5.11 Å². The third-order valence-electron chi connectivity index (χ3n) is 1.97. The molecular formula is C9H8BrF2NO3. The van der Waals surface area contributed by atoms with Crippen molar-refractivity contribution in [3.05, 3.63) is 33.2 Å². The van der Waals surface area contributed by atoms with Crippen LogP contribution in [0.3, 0.4) is 0 Å². The lowest BCUT2D eigenvalue weighted by Crippen LogP contribution is -2.16. The quantitative estimate of drug-likeness (QED) is 0.833. The number of carboxylic acid groups (broad SMARTS) is 1. The molecule has 0 aliphatic carbocycles. The largest absolute Gasteiger partial charge is 0.481 e. The first-order chi connectivity index (χ1) is 7.45. The summed E-state index contributed by atoms with van der Waals surface area (Å²) in [6.45, 7) is 0. The van der Waals surface area contributed by atoms with Crippen molar-refractivity contribution in [2.24, 2.45) is 0 Å². The highest BCUT2D eigenvalue weighted by Gasteiger charge is 2.18. The Morgan fingerprint density at radius 1 is 1.56 bits per heavy atom. The van der Waals surface area contributed by atoms with E-state index in [9.17, 15) is 18.4 Å². The maximum Gasteiger partial charge on any atom is 0.307 e. The third-order valence-corrected chi connectivity index (χ3v) is 2.53. The van der Waals surface area contributed by atoms with Gasteiger partial charge in [0.05, 0.1) is 12.1 Å². The van der Waals surface area contributed by atoms with E-state index in [2.05, 4.69) is 15.9 Å². The predicted molar refractivity (Wildman–Crippen MR) is 56.0 cm³/mol. The maximum absolute atomic E-state index is 12.6. The Balaban J connectivity index is 3.35. The highest BCUT2D eigenvalue weighted by molar-refractivity contribution is 9.08. The van der Waals surface area contributed by atoms with Gasteiger partial charge in [-0.2, -0.15) is 0 Å². The smallest absolute Gasteiger partial charge is 0.307 e. The fourth-order valence-electron chi connectivity index (χ4n) is 1.33. The molecule has 2 N–H and O–H groups in total. The second-order valence-electron chi connectivity index (χ2n) is 3.06. The van der Waals surface area contributed by atoms with Crippen molar-refractivity contribution in [3.63, 3.8) is 0 Å². The average Bonchev–Trinajstić information content (AvgIpc) is 2.15. The number of rotatable bonds is 4. The number of aliphatic carboxylic acids is 1. The number of hydrogen-bond acceptors (Lipinski definition) is 2. The van der Waals surface area contributed by atoms with Crippen LogP contribution in [0.2, 0.25) is 0 Å². The predicted octanol–water partition coefficient (Wildman–Crippen LogP) is 1.83. The van der Waals surface area contributed by atoms with Crippen LogP contribution in [-0.2, 0) is 16.5 Å². The molecule has 0 aliphatic heterocycles. The fourth-order valence-corrected chi connectivity index (χ4v) is 1.99. The molecule has 0 saturated carbocycles. The summed E-state index contributed by atoms with van der Waals surface area (Å²) in [5.41, 5.74) is -1.03. The molecule has 0 spiro atoms. The van der Waals surface area contributed by atoms with Crippen molar-refractivity contribution < 1.29 is 18.7 Å². The van der Waals surface area contributed by atoms with E-state index in [0.29, 0.717) is 0 Å². The van der Waals surface area contributed by atoms with Crippen LogP contribution in [0.25, 0.3) is 0 Å². The summed E-state index contributed by atoms with van der Waals surface area (Å²) in [5, 5.41) is 8.65. The van der Waals surface area contributed by atoms with E-state index in [1.807, 2.05) is 4.98 Å². The topological polar surface area (TPSA) is 70.2 Å². The standard InChI is InChI=1S/C9H8BrF2NO3/c10-3-5-4(2-7(15)16)1-6(14)13-8(5)9(11)12/h1,9H,2-3H2,(H,13,14)(H,15,16). The van der Waals surface area contributed by atoms with E-state index in [1.165, 1.54) is 0 Å². The Morgan fingerprint density at radius 3 is 2.62 bits per heavy atom. The zero-order valence-corrected chi connectivity index (χ0v) is 9.55. The molecular weight excluding hydrogens is 288 g/mol. The molecule has 16 heavy (non-hydrogen) atoms. The Hall–Kier alpha value is -1.24. The molecule has 0 aromatic carbocycles. The zero-order valence-electron chi connectivity index (χ0n) is 7.97. The van der Waals surface area contributed by atoms with Gasteiger partial charge < -0.3 is 10.1 Å². The molecule has 0 bridgehead atoms. The van der Waals surface area contributed by atoms with Gasteiger partial charge in [-0.25, -0.2) is 8.78 Å². The van der Waals surface area contributed by atoms with Crippen LogP contribution >= 0.6 is 15.9 Å². The molecule has 0 radical (unpaired) electrons. The molecule has 1 rings (SSSR count). The average molecular weight is 296 g/mol. The van der Waals surface area contributed by atoms with Crippen molar-refractivity contribution in [2.45, 2.75) is 18.2 Å². The second kappa shape index (κ2) is 5.20. The summed E-state index contributed by atoms with van der Waals surface area (Å²) in [7, 11) is 0. The Kier molecular flexibility index (Phi) is 4.17. The number of aromatic nitrogens is 1. The maximum atomic E-state index is 12.6. The molecule has 4 nitrogen and oxygen atoms in total. The van der Waals surface area contributed by atoms with Crippen molar-refractivity contribution in [1.82, 2.24) is 4.98 Å². The van der Waals surface area contributed by atoms with Gasteiger partial charge in [0.1, 0.15) is 0 Å². The van der Waals surface area contributed by atoms with Gasteiger partial charge in [0.15, 0.2) is 0 Å². The van der Waals surface area contributed by atoms with Crippen molar-refractivity contribution in [2.75, 3.05) is 0 Å². The molecule has 0 saturated heterocycles. The van der Waals surface area contributed by atoms with Gasteiger partial charge in [-0.05, 0) is 11.1 Å². The van der Waals surface area contributed by atoms with Crippen LogP contribution in [0.15, 0.2) is 10.9 Å². The first-order valence-electron chi connectivity index (χ1n) is 4.26. The van der Waals surface area contributed by atoms with Crippen LogP contribution < -0.4 is 5.56 Å². The van der Waals surface area contributed by atoms with Gasteiger partial charge in [-0.3, -0.25) is 9.59 Å². The summed E-state index contributed by atoms with van der Waals surface area (Å²) >= 11 is 2.99. The van der Waals surface area contributed by atoms with Crippen LogP contribution in [0, 0.1) is 0 Å². The third kappa shape index (κ3) is 2.88. The molecule has 88 valence electrons. The molecule has 0 fully saturated rings. The number of H-pyrrole nitrogens is 1. The first-order valence-corrected chi connectivity index (χ1v) is 5.38. The van der Waals surface area contributed by atoms with Crippen LogP contribution in [-0.4, -0.2) is 16.1 Å². The number of carbonyl (C=O) groups is 1. The highest BCUT2D eigenvalue weighted by atomic mass is 79.9. The Morgan fingerprint density at radius 2 is 2.19 bits per heavy atom. The van der Waals surface area contributed by atoms with Crippen LogP contribution in [0.5, 0.6) is 0 Å². The molecule has 0 amide bonds. The summed E-state index contributed by atoms with van der Waals surface area (Å²) in [6, 6.07) is 1.02. The van der Waals surface area contributed by atoms with Gasteiger partial charge >= 0.3 is 5.97 Å². The number of nitrogens with one attached hydrogen (secondary N) is 1. The number of hydrogen-bond donors (Lipinski definition) is 2. The summed E-state index contributed by atoms with van der Waals surface area (Å²) in [4.78, 5) is 23.6. The van der Waals surface area contributed by atoms with Crippen molar-refractivity contribution >= 4 is 21.9 Å². The molecule has 1 aromatic rings. The van der Waals surface area contributed by atoms with Crippen molar-refractivity contribution in [1.29, 1.82) is 0 Å². The molecule has 0 unspecified atom stereocenters. The number of aromatic amines is 1. The Labute approximate surface area is 97.4 Å². The highest BCUT2D eigenvalue weighted by Crippen LogP contribution is 2.24. The molecule has 1 heterocycles. The van der Waals surface area contributed by atoms with E-state index >= 15 is 0 Å². The van der Waals surface area contributed by atoms with Gasteiger partial charge in [0, 0.05) is 11.4 Å². The summed E-state index contributed by atoms with van der Waals surface area (Å²) in [6.07, 6.45) is -3.29. The zero-order chi connectivity index (χ0) is 12.3. The van der Waals surface area contributed by atoms with Crippen LogP contribution in [0.1, 0.15) is 23.2 Å². The molecule has 0 aliphatic rings. The van der Waals surface area contributed by atoms with Crippen molar-refractivity contribution in [3.8, 4) is 0 Å². The Bertz CT molecular complexity index is 459. The van der Waals surface area contributed by atoms with E-state index in [0.717, 1.165) is 6.07 Å². The minimum atomic E-state index is -2.84. The van der Waals surface area contributed by atoms with Gasteiger partial charge in [0.25, 0.3) is 6.43 Å².